The predicted molar refractivity (Wildman–Crippen MR) is 177 cm³/mol. The zero-order valence-electron chi connectivity index (χ0n) is 26.4. The molecule has 1 atom stereocenters. The first-order chi connectivity index (χ1) is 22.4. The van der Waals surface area contributed by atoms with Gasteiger partial charge in [-0.05, 0) is 78.6 Å². The molecule has 9 nitrogen and oxygen atoms in total. The molecule has 3 aromatic carbocycles. The molecule has 5 rings (SSSR count). The van der Waals surface area contributed by atoms with Crippen molar-refractivity contribution in [3.8, 4) is 22.8 Å². The molecule has 246 valence electrons. The molecule has 0 bridgehead atoms. The van der Waals surface area contributed by atoms with Crippen molar-refractivity contribution in [3.05, 3.63) is 89.7 Å². The molecule has 1 saturated heterocycles. The number of halogens is 3. The van der Waals surface area contributed by atoms with Gasteiger partial charge in [0.15, 0.2) is 11.0 Å². The molecule has 13 heteroatoms. The second-order valence-corrected chi connectivity index (χ2v) is 12.7. The van der Waals surface area contributed by atoms with Crippen LogP contribution in [0.3, 0.4) is 0 Å². The summed E-state index contributed by atoms with van der Waals surface area (Å²) in [6.07, 6.45) is -1.72. The lowest BCUT2D eigenvalue weighted by atomic mass is 9.97. The van der Waals surface area contributed by atoms with Crippen LogP contribution >= 0.6 is 11.8 Å². The monoisotopic (exact) mass is 664 g/mol. The average molecular weight is 665 g/mol. The number of benzene rings is 3. The number of carbonyl (C=O) groups excluding carboxylic acids is 2. The summed E-state index contributed by atoms with van der Waals surface area (Å²) < 4.78 is 42.7. The SMILES string of the molecule is Cc1ccc(C(C)C)c(N2C(=O)CS/C2=N\C(=O)NCCC(C)Cc2ccc(-c3ncn(-c4ccc(OC(F)(F)F)cc4)n3)cc2)c1. The van der Waals surface area contributed by atoms with Gasteiger partial charge in [0.25, 0.3) is 0 Å². The van der Waals surface area contributed by atoms with Crippen molar-refractivity contribution in [2.24, 2.45) is 10.9 Å². The van der Waals surface area contributed by atoms with Gasteiger partial charge in [0.1, 0.15) is 12.1 Å². The van der Waals surface area contributed by atoms with E-state index in [0.717, 1.165) is 40.8 Å². The maximum absolute atomic E-state index is 12.8. The van der Waals surface area contributed by atoms with Gasteiger partial charge in [-0.25, -0.2) is 14.5 Å². The fourth-order valence-corrected chi connectivity index (χ4v) is 6.04. The number of ether oxygens (including phenoxy) is 1. The van der Waals surface area contributed by atoms with Gasteiger partial charge >= 0.3 is 12.4 Å². The lowest BCUT2D eigenvalue weighted by Crippen LogP contribution is -2.32. The number of carbonyl (C=O) groups is 2. The van der Waals surface area contributed by atoms with Crippen LogP contribution in [-0.4, -0.2) is 50.5 Å². The van der Waals surface area contributed by atoms with E-state index < -0.39 is 12.4 Å². The first-order valence-corrected chi connectivity index (χ1v) is 16.1. The zero-order chi connectivity index (χ0) is 33.7. The largest absolute Gasteiger partial charge is 0.573 e. The summed E-state index contributed by atoms with van der Waals surface area (Å²) in [5.41, 5.74) is 5.29. The van der Waals surface area contributed by atoms with Crippen molar-refractivity contribution in [1.82, 2.24) is 20.1 Å². The maximum Gasteiger partial charge on any atom is 0.573 e. The van der Waals surface area contributed by atoms with Gasteiger partial charge < -0.3 is 10.1 Å². The third kappa shape index (κ3) is 8.79. The minimum atomic E-state index is -4.75. The van der Waals surface area contributed by atoms with Crippen molar-refractivity contribution in [2.75, 3.05) is 17.2 Å². The van der Waals surface area contributed by atoms with E-state index in [4.69, 9.17) is 0 Å². The predicted octanol–water partition coefficient (Wildman–Crippen LogP) is 7.68. The Balaban J connectivity index is 1.12. The molecule has 0 spiro atoms. The number of nitrogens with one attached hydrogen (secondary N) is 1. The van der Waals surface area contributed by atoms with Gasteiger partial charge in [-0.1, -0.05) is 68.9 Å². The van der Waals surface area contributed by atoms with Crippen LogP contribution in [0.5, 0.6) is 5.75 Å². The Morgan fingerprint density at radius 3 is 2.47 bits per heavy atom. The number of rotatable bonds is 10. The van der Waals surface area contributed by atoms with E-state index in [1.807, 2.05) is 49.4 Å². The van der Waals surface area contributed by atoms with Gasteiger partial charge in [-0.3, -0.25) is 9.69 Å². The topological polar surface area (TPSA) is 102 Å². The number of hydrogen-bond acceptors (Lipinski definition) is 6. The standard InChI is InChI=1S/C34H35F3N6O3S/c1-21(2)28-14-5-22(3)18-29(28)43-30(44)19-47-33(43)40-32(45)38-16-15-23(4)17-24-6-8-25(9-7-24)31-39-20-42(41-31)26-10-12-27(13-11-26)46-34(35,36)37/h5-14,18,20-21,23H,15-17,19H2,1-4H3,(H,38,45)/b40-33-. The number of hydrogen-bond donors (Lipinski definition) is 1. The number of amidine groups is 1. The van der Waals surface area contributed by atoms with E-state index in [-0.39, 0.29) is 29.2 Å². The molecule has 0 saturated carbocycles. The van der Waals surface area contributed by atoms with Crippen LogP contribution in [0.4, 0.5) is 23.7 Å². The van der Waals surface area contributed by atoms with Crippen LogP contribution in [0, 0.1) is 12.8 Å². The lowest BCUT2D eigenvalue weighted by molar-refractivity contribution is -0.274. The Kier molecular flexibility index (Phi) is 10.3. The molecule has 1 fully saturated rings. The summed E-state index contributed by atoms with van der Waals surface area (Å²) in [7, 11) is 0. The number of thioether (sulfide) groups is 1. The van der Waals surface area contributed by atoms with Crippen LogP contribution in [0.2, 0.25) is 0 Å². The number of aliphatic imine (C=N–C) groups is 1. The molecule has 1 aromatic heterocycles. The van der Waals surface area contributed by atoms with E-state index in [1.165, 1.54) is 47.0 Å². The average Bonchev–Trinajstić information content (AvgIpc) is 3.64. The van der Waals surface area contributed by atoms with Crippen molar-refractivity contribution in [3.63, 3.8) is 0 Å². The molecule has 1 unspecified atom stereocenters. The Morgan fingerprint density at radius 2 is 1.79 bits per heavy atom. The van der Waals surface area contributed by atoms with Gasteiger partial charge in [0, 0.05) is 12.1 Å². The van der Waals surface area contributed by atoms with E-state index in [2.05, 4.69) is 45.9 Å². The fourth-order valence-electron chi connectivity index (χ4n) is 5.18. The fraction of sp³-hybridized carbons (Fsp3) is 0.324. The summed E-state index contributed by atoms with van der Waals surface area (Å²) in [6, 6.07) is 18.8. The van der Waals surface area contributed by atoms with Crippen LogP contribution in [-0.2, 0) is 11.2 Å². The lowest BCUT2D eigenvalue weighted by Gasteiger charge is -2.22. The first-order valence-electron chi connectivity index (χ1n) is 15.2. The summed E-state index contributed by atoms with van der Waals surface area (Å²) >= 11 is 1.27. The molecular formula is C34H35F3N6O3S. The second kappa shape index (κ2) is 14.4. The highest BCUT2D eigenvalue weighted by Gasteiger charge is 2.33. The molecule has 3 amide bonds. The number of anilines is 1. The second-order valence-electron chi connectivity index (χ2n) is 11.7. The van der Waals surface area contributed by atoms with E-state index in [1.54, 1.807) is 4.90 Å². The minimum absolute atomic E-state index is 0.0917. The number of aromatic nitrogens is 3. The van der Waals surface area contributed by atoms with Crippen molar-refractivity contribution < 1.29 is 27.5 Å². The Bertz CT molecular complexity index is 1750. The molecule has 2 heterocycles. The normalized spacial score (nSPS) is 15.0. The summed E-state index contributed by atoms with van der Waals surface area (Å²) in [4.78, 5) is 35.7. The van der Waals surface area contributed by atoms with E-state index in [9.17, 15) is 22.8 Å². The van der Waals surface area contributed by atoms with Gasteiger partial charge in [-0.15, -0.1) is 18.3 Å². The zero-order valence-corrected chi connectivity index (χ0v) is 27.2. The van der Waals surface area contributed by atoms with Crippen molar-refractivity contribution in [1.29, 1.82) is 0 Å². The van der Waals surface area contributed by atoms with E-state index in [0.29, 0.717) is 23.2 Å². The number of amides is 3. The number of nitrogens with zero attached hydrogens (tertiary/aromatic N) is 5. The van der Waals surface area contributed by atoms with Gasteiger partial charge in [0.05, 0.1) is 17.1 Å². The minimum Gasteiger partial charge on any atom is -0.406 e. The number of alkyl halides is 3. The summed E-state index contributed by atoms with van der Waals surface area (Å²) in [6.45, 7) is 8.67. The van der Waals surface area contributed by atoms with Gasteiger partial charge in [0.2, 0.25) is 5.91 Å². The maximum atomic E-state index is 12.8. The Labute approximate surface area is 275 Å². The van der Waals surface area contributed by atoms with Crippen LogP contribution in [0.25, 0.3) is 17.1 Å². The third-order valence-electron chi connectivity index (χ3n) is 7.55. The molecular weight excluding hydrogens is 629 g/mol. The third-order valence-corrected chi connectivity index (χ3v) is 8.47. The van der Waals surface area contributed by atoms with Crippen LogP contribution in [0.1, 0.15) is 49.8 Å². The Morgan fingerprint density at radius 1 is 1.06 bits per heavy atom. The quantitative estimate of drug-likeness (QED) is 0.187. The van der Waals surface area contributed by atoms with Crippen LogP contribution < -0.4 is 15.0 Å². The molecule has 0 radical (unpaired) electrons. The van der Waals surface area contributed by atoms with Crippen molar-refractivity contribution >= 4 is 34.6 Å². The van der Waals surface area contributed by atoms with Crippen molar-refractivity contribution in [2.45, 2.75) is 52.8 Å². The van der Waals surface area contributed by atoms with Crippen LogP contribution in [0.15, 0.2) is 78.0 Å². The summed E-state index contributed by atoms with van der Waals surface area (Å²) in [5, 5.41) is 7.71. The molecule has 0 aliphatic carbocycles. The van der Waals surface area contributed by atoms with Gasteiger partial charge in [-0.2, -0.15) is 4.99 Å². The molecule has 1 aliphatic rings. The molecule has 1 aliphatic heterocycles. The number of urea groups is 1. The highest BCUT2D eigenvalue weighted by atomic mass is 32.2. The Hall–Kier alpha value is -4.65. The molecule has 4 aromatic rings. The number of aryl methyl sites for hydroxylation is 1. The smallest absolute Gasteiger partial charge is 0.406 e. The highest BCUT2D eigenvalue weighted by Crippen LogP contribution is 2.34. The highest BCUT2D eigenvalue weighted by molar-refractivity contribution is 8.15. The molecule has 1 N–H and O–H groups in total. The molecule has 47 heavy (non-hydrogen) atoms. The summed E-state index contributed by atoms with van der Waals surface area (Å²) in [5.74, 6) is 0.795. The first kappa shape index (κ1) is 33.7. The van der Waals surface area contributed by atoms with E-state index >= 15 is 0 Å².